The summed E-state index contributed by atoms with van der Waals surface area (Å²) in [5.74, 6) is -0.323. The highest BCUT2D eigenvalue weighted by Gasteiger charge is 2.30. The van der Waals surface area contributed by atoms with Gasteiger partial charge in [-0.15, -0.1) is 0 Å². The van der Waals surface area contributed by atoms with Crippen LogP contribution in [0.25, 0.3) is 10.9 Å². The molecule has 3 aromatic rings. The van der Waals surface area contributed by atoms with Crippen LogP contribution in [0.2, 0.25) is 0 Å². The van der Waals surface area contributed by atoms with Crippen molar-refractivity contribution in [2.45, 2.75) is 45.1 Å². The Balaban J connectivity index is 1.27. The number of likely N-dealkylation sites (tertiary alicyclic amines) is 2. The van der Waals surface area contributed by atoms with Gasteiger partial charge in [-0.3, -0.25) is 14.4 Å². The van der Waals surface area contributed by atoms with Gasteiger partial charge in [-0.1, -0.05) is 48.5 Å². The summed E-state index contributed by atoms with van der Waals surface area (Å²) in [4.78, 5) is 43.0. The molecule has 1 aromatic heterocycles. The molecule has 2 fully saturated rings. The van der Waals surface area contributed by atoms with E-state index < -0.39 is 11.7 Å². The van der Waals surface area contributed by atoms with Gasteiger partial charge in [-0.2, -0.15) is 0 Å². The van der Waals surface area contributed by atoms with Crippen LogP contribution < -0.4 is 0 Å². The fourth-order valence-electron chi connectivity index (χ4n) is 5.49. The highest BCUT2D eigenvalue weighted by atomic mass is 16.2. The standard InChI is InChI=1S/C29H33N3O3/c33-27(30-15-7-2-8-16-30)21-32-20-25(24-11-5-6-12-26(24)32)28(34)29(35)31-17-13-23(14-18-31)19-22-9-3-1-4-10-22/h1,3-6,9-12,20,23H,2,7-8,13-19,21H2. The van der Waals surface area contributed by atoms with Gasteiger partial charge in [0.2, 0.25) is 5.91 Å². The topological polar surface area (TPSA) is 62.6 Å². The quantitative estimate of drug-likeness (QED) is 0.397. The van der Waals surface area contributed by atoms with Crippen LogP contribution in [0.4, 0.5) is 0 Å². The molecule has 0 saturated carbocycles. The van der Waals surface area contributed by atoms with Crippen LogP contribution in [0, 0.1) is 5.92 Å². The zero-order valence-electron chi connectivity index (χ0n) is 20.2. The van der Waals surface area contributed by atoms with Gasteiger partial charge in [0, 0.05) is 43.3 Å². The predicted octanol–water partition coefficient (Wildman–Crippen LogP) is 4.32. The summed E-state index contributed by atoms with van der Waals surface area (Å²) in [5, 5.41) is 0.733. The zero-order chi connectivity index (χ0) is 24.2. The van der Waals surface area contributed by atoms with Crippen molar-refractivity contribution in [1.29, 1.82) is 0 Å². The number of carbonyl (C=O) groups excluding carboxylic acids is 3. The van der Waals surface area contributed by atoms with Crippen molar-refractivity contribution in [3.05, 3.63) is 71.9 Å². The number of Topliss-reactive ketones (excluding diaryl/α,β-unsaturated/α-hetero) is 1. The number of carbonyl (C=O) groups is 3. The number of benzene rings is 2. The first kappa shape index (κ1) is 23.3. The molecule has 5 rings (SSSR count). The molecule has 2 aromatic carbocycles. The molecule has 6 heteroatoms. The minimum atomic E-state index is -0.480. The van der Waals surface area contributed by atoms with Gasteiger partial charge in [-0.05, 0) is 56.1 Å². The lowest BCUT2D eigenvalue weighted by Crippen LogP contribution is -2.42. The van der Waals surface area contributed by atoms with Crippen LogP contribution in [-0.4, -0.2) is 58.1 Å². The van der Waals surface area contributed by atoms with E-state index in [9.17, 15) is 14.4 Å². The van der Waals surface area contributed by atoms with E-state index >= 15 is 0 Å². The second-order valence-corrected chi connectivity index (χ2v) is 9.88. The van der Waals surface area contributed by atoms with Crippen molar-refractivity contribution in [3.63, 3.8) is 0 Å². The van der Waals surface area contributed by atoms with Gasteiger partial charge < -0.3 is 14.4 Å². The summed E-state index contributed by atoms with van der Waals surface area (Å²) in [6, 6.07) is 18.0. The largest absolute Gasteiger partial charge is 0.341 e. The molecule has 0 radical (unpaired) electrons. The minimum absolute atomic E-state index is 0.0660. The second-order valence-electron chi connectivity index (χ2n) is 9.88. The second kappa shape index (κ2) is 10.5. The molecule has 35 heavy (non-hydrogen) atoms. The van der Waals surface area contributed by atoms with Crippen molar-refractivity contribution in [3.8, 4) is 0 Å². The number of amides is 2. The normalized spacial score (nSPS) is 17.0. The van der Waals surface area contributed by atoms with Crippen LogP contribution >= 0.6 is 0 Å². The van der Waals surface area contributed by atoms with E-state index in [0.29, 0.717) is 24.6 Å². The summed E-state index contributed by atoms with van der Waals surface area (Å²) in [5.41, 5.74) is 2.53. The molecule has 0 aliphatic carbocycles. The molecular weight excluding hydrogens is 438 g/mol. The smallest absolute Gasteiger partial charge is 0.295 e. The molecule has 0 spiro atoms. The third-order valence-electron chi connectivity index (χ3n) is 7.51. The van der Waals surface area contributed by atoms with E-state index in [0.717, 1.165) is 56.1 Å². The predicted molar refractivity (Wildman–Crippen MR) is 136 cm³/mol. The van der Waals surface area contributed by atoms with Crippen molar-refractivity contribution in [2.24, 2.45) is 5.92 Å². The van der Waals surface area contributed by atoms with E-state index in [1.165, 1.54) is 12.0 Å². The van der Waals surface area contributed by atoms with Gasteiger partial charge in [0.25, 0.3) is 11.7 Å². The number of nitrogens with zero attached hydrogens (tertiary/aromatic N) is 3. The van der Waals surface area contributed by atoms with E-state index in [2.05, 4.69) is 24.3 Å². The van der Waals surface area contributed by atoms with E-state index in [4.69, 9.17) is 0 Å². The average Bonchev–Trinajstić information content (AvgIpc) is 3.27. The zero-order valence-corrected chi connectivity index (χ0v) is 20.2. The Labute approximate surface area is 206 Å². The molecule has 0 N–H and O–H groups in total. The Morgan fingerprint density at radius 2 is 1.46 bits per heavy atom. The maximum absolute atomic E-state index is 13.3. The SMILES string of the molecule is O=C(C(=O)N1CCC(Cc2ccccc2)CC1)c1cn(CC(=O)N2CCCCC2)c2ccccc12. The number of hydrogen-bond acceptors (Lipinski definition) is 3. The van der Waals surface area contributed by atoms with Crippen molar-refractivity contribution >= 4 is 28.5 Å². The first-order valence-electron chi connectivity index (χ1n) is 12.8. The molecule has 2 aliphatic rings. The maximum Gasteiger partial charge on any atom is 0.295 e. The number of para-hydroxylation sites is 1. The lowest BCUT2D eigenvalue weighted by molar-refractivity contribution is -0.132. The van der Waals surface area contributed by atoms with Crippen LogP contribution in [0.1, 0.15) is 48.0 Å². The summed E-state index contributed by atoms with van der Waals surface area (Å²) in [7, 11) is 0. The Morgan fingerprint density at radius 1 is 0.771 bits per heavy atom. The molecule has 6 nitrogen and oxygen atoms in total. The maximum atomic E-state index is 13.3. The molecular formula is C29H33N3O3. The third-order valence-corrected chi connectivity index (χ3v) is 7.51. The summed E-state index contributed by atoms with van der Waals surface area (Å²) in [6.07, 6.45) is 7.77. The van der Waals surface area contributed by atoms with Gasteiger partial charge in [0.05, 0.1) is 5.56 Å². The Kier molecular flexibility index (Phi) is 6.98. The van der Waals surface area contributed by atoms with Gasteiger partial charge in [-0.25, -0.2) is 0 Å². The van der Waals surface area contributed by atoms with Crippen LogP contribution in [0.5, 0.6) is 0 Å². The van der Waals surface area contributed by atoms with E-state index in [1.807, 2.05) is 39.8 Å². The highest BCUT2D eigenvalue weighted by molar-refractivity contribution is 6.44. The first-order valence-corrected chi connectivity index (χ1v) is 12.8. The minimum Gasteiger partial charge on any atom is -0.341 e. The lowest BCUT2D eigenvalue weighted by atomic mass is 9.90. The van der Waals surface area contributed by atoms with Gasteiger partial charge >= 0.3 is 0 Å². The van der Waals surface area contributed by atoms with Gasteiger partial charge in [0.1, 0.15) is 6.54 Å². The fraction of sp³-hybridized carbons (Fsp3) is 0.414. The number of hydrogen-bond donors (Lipinski definition) is 0. The molecule has 2 amide bonds. The van der Waals surface area contributed by atoms with Crippen molar-refractivity contribution in [2.75, 3.05) is 26.2 Å². The Hall–Kier alpha value is -3.41. The van der Waals surface area contributed by atoms with E-state index in [-0.39, 0.29) is 12.5 Å². The monoisotopic (exact) mass is 471 g/mol. The molecule has 2 aliphatic heterocycles. The molecule has 0 unspecified atom stereocenters. The molecule has 0 bridgehead atoms. The van der Waals surface area contributed by atoms with Crippen molar-refractivity contribution in [1.82, 2.24) is 14.4 Å². The average molecular weight is 472 g/mol. The third kappa shape index (κ3) is 5.16. The van der Waals surface area contributed by atoms with E-state index in [1.54, 1.807) is 11.1 Å². The van der Waals surface area contributed by atoms with Crippen molar-refractivity contribution < 1.29 is 14.4 Å². The number of rotatable bonds is 6. The number of ketones is 1. The van der Waals surface area contributed by atoms with Crippen LogP contribution in [0.3, 0.4) is 0 Å². The Bertz CT molecular complexity index is 1200. The molecule has 3 heterocycles. The Morgan fingerprint density at radius 3 is 2.20 bits per heavy atom. The van der Waals surface area contributed by atoms with Crippen LogP contribution in [-0.2, 0) is 22.6 Å². The summed E-state index contributed by atoms with van der Waals surface area (Å²) in [6.45, 7) is 2.99. The molecule has 0 atom stereocenters. The molecule has 2 saturated heterocycles. The number of aromatic nitrogens is 1. The fourth-order valence-corrected chi connectivity index (χ4v) is 5.49. The number of fused-ring (bicyclic) bond motifs is 1. The first-order chi connectivity index (χ1) is 17.1. The summed E-state index contributed by atoms with van der Waals surface area (Å²) < 4.78 is 1.83. The molecule has 182 valence electrons. The summed E-state index contributed by atoms with van der Waals surface area (Å²) >= 11 is 0. The van der Waals surface area contributed by atoms with Crippen LogP contribution in [0.15, 0.2) is 60.8 Å². The number of piperidine rings is 2. The highest BCUT2D eigenvalue weighted by Crippen LogP contribution is 2.25. The van der Waals surface area contributed by atoms with Gasteiger partial charge in [0.15, 0.2) is 0 Å². The lowest BCUT2D eigenvalue weighted by Gasteiger charge is -2.31.